The first-order valence-electron chi connectivity index (χ1n) is 6.75. The van der Waals surface area contributed by atoms with Crippen molar-refractivity contribution in [3.05, 3.63) is 35.4 Å². The first kappa shape index (κ1) is 13.6. The van der Waals surface area contributed by atoms with Crippen LogP contribution in [0, 0.1) is 0 Å². The number of carbonyl (C=O) groups excluding carboxylic acids is 1. The Labute approximate surface area is 121 Å². The summed E-state index contributed by atoms with van der Waals surface area (Å²) in [5.74, 6) is -0.0529. The number of aryl methyl sites for hydroxylation is 1. The Morgan fingerprint density at radius 2 is 2.29 bits per heavy atom. The van der Waals surface area contributed by atoms with Crippen molar-refractivity contribution in [1.29, 1.82) is 0 Å². The minimum absolute atomic E-state index is 0.0529. The molecule has 0 aliphatic carbocycles. The number of rotatable bonds is 3. The second kappa shape index (κ2) is 5.96. The summed E-state index contributed by atoms with van der Waals surface area (Å²) in [5.41, 5.74) is 2.26. The van der Waals surface area contributed by atoms with Gasteiger partial charge in [-0.15, -0.1) is 5.10 Å². The molecule has 1 amide bonds. The first-order valence-corrected chi connectivity index (χ1v) is 6.75. The fourth-order valence-corrected chi connectivity index (χ4v) is 2.41. The molecule has 3 rings (SSSR count). The maximum Gasteiger partial charge on any atom is 0.255 e. The monoisotopic (exact) mass is 288 g/mol. The first-order chi connectivity index (χ1) is 10.3. The Hall–Kier alpha value is -2.35. The van der Waals surface area contributed by atoms with Gasteiger partial charge in [0.15, 0.2) is 0 Å². The largest absolute Gasteiger partial charge is 0.378 e. The minimum atomic E-state index is -0.0529. The van der Waals surface area contributed by atoms with E-state index in [0.717, 1.165) is 24.4 Å². The molecule has 3 heterocycles. The molecule has 2 aromatic rings. The van der Waals surface area contributed by atoms with Crippen molar-refractivity contribution in [2.75, 3.05) is 13.7 Å². The maximum absolute atomic E-state index is 12.5. The van der Waals surface area contributed by atoms with Gasteiger partial charge in [0, 0.05) is 20.2 Å². The van der Waals surface area contributed by atoms with E-state index in [-0.39, 0.29) is 5.91 Å². The van der Waals surface area contributed by atoms with Crippen LogP contribution in [-0.4, -0.2) is 49.7 Å². The molecule has 2 aromatic heterocycles. The third-order valence-electron chi connectivity index (χ3n) is 3.46. The van der Waals surface area contributed by atoms with Gasteiger partial charge in [0.2, 0.25) is 0 Å². The summed E-state index contributed by atoms with van der Waals surface area (Å²) in [6.07, 6.45) is 3.85. The highest BCUT2D eigenvalue weighted by Crippen LogP contribution is 2.17. The van der Waals surface area contributed by atoms with Crippen molar-refractivity contribution in [2.45, 2.75) is 26.1 Å². The molecule has 0 fully saturated rings. The van der Waals surface area contributed by atoms with Gasteiger partial charge in [-0.2, -0.15) is 10.2 Å². The Bertz CT molecular complexity index is 627. The molecule has 0 bridgehead atoms. The molecular weight excluding hydrogens is 272 g/mol. The lowest BCUT2D eigenvalue weighted by atomic mass is 10.2. The molecular formula is C13H16N6O2. The summed E-state index contributed by atoms with van der Waals surface area (Å²) in [6.45, 7) is 2.31. The highest BCUT2D eigenvalue weighted by Gasteiger charge is 2.24. The fourth-order valence-electron chi connectivity index (χ4n) is 2.41. The van der Waals surface area contributed by atoms with E-state index in [0.29, 0.717) is 25.3 Å². The number of hydrogen-bond donors (Lipinski definition) is 0. The number of carbonyl (C=O) groups is 1. The van der Waals surface area contributed by atoms with Crippen LogP contribution in [0.3, 0.4) is 0 Å². The second-order valence-electron chi connectivity index (χ2n) is 4.85. The fraction of sp³-hybridized carbons (Fsp3) is 0.462. The average molecular weight is 288 g/mol. The van der Waals surface area contributed by atoms with Gasteiger partial charge in [0.05, 0.1) is 36.8 Å². The van der Waals surface area contributed by atoms with Crippen LogP contribution in [0.2, 0.25) is 0 Å². The van der Waals surface area contributed by atoms with E-state index < -0.39 is 0 Å². The summed E-state index contributed by atoms with van der Waals surface area (Å²) < 4.78 is 6.99. The zero-order valence-electron chi connectivity index (χ0n) is 11.8. The van der Waals surface area contributed by atoms with E-state index in [2.05, 4.69) is 20.5 Å². The molecule has 0 saturated heterocycles. The van der Waals surface area contributed by atoms with Crippen LogP contribution in [0.1, 0.15) is 28.2 Å². The lowest BCUT2D eigenvalue weighted by molar-refractivity contribution is 0.0743. The minimum Gasteiger partial charge on any atom is -0.378 e. The van der Waals surface area contributed by atoms with Crippen molar-refractivity contribution in [3.8, 4) is 0 Å². The van der Waals surface area contributed by atoms with Gasteiger partial charge >= 0.3 is 0 Å². The highest BCUT2D eigenvalue weighted by atomic mass is 16.5. The normalized spacial score (nSPS) is 14.6. The number of amides is 1. The summed E-state index contributed by atoms with van der Waals surface area (Å²) in [7, 11) is 1.62. The zero-order valence-corrected chi connectivity index (χ0v) is 11.8. The quantitative estimate of drug-likeness (QED) is 0.805. The van der Waals surface area contributed by atoms with Gasteiger partial charge in [-0.25, -0.2) is 4.68 Å². The molecule has 0 unspecified atom stereocenters. The predicted molar refractivity (Wildman–Crippen MR) is 72.1 cm³/mol. The van der Waals surface area contributed by atoms with Crippen molar-refractivity contribution < 1.29 is 9.53 Å². The molecule has 8 nitrogen and oxygen atoms in total. The van der Waals surface area contributed by atoms with Crippen LogP contribution < -0.4 is 0 Å². The van der Waals surface area contributed by atoms with Gasteiger partial charge in [-0.05, 0) is 12.5 Å². The van der Waals surface area contributed by atoms with Crippen LogP contribution in [0.25, 0.3) is 0 Å². The van der Waals surface area contributed by atoms with E-state index in [1.807, 2.05) is 4.68 Å². The third-order valence-corrected chi connectivity index (χ3v) is 3.46. The van der Waals surface area contributed by atoms with E-state index in [9.17, 15) is 4.79 Å². The average Bonchev–Trinajstić information content (AvgIpc) is 2.77. The molecule has 0 saturated carbocycles. The zero-order chi connectivity index (χ0) is 14.7. The van der Waals surface area contributed by atoms with Crippen molar-refractivity contribution in [3.63, 3.8) is 0 Å². The van der Waals surface area contributed by atoms with Gasteiger partial charge in [0.1, 0.15) is 5.69 Å². The van der Waals surface area contributed by atoms with E-state index in [4.69, 9.17) is 4.74 Å². The third kappa shape index (κ3) is 2.75. The standard InChI is InChI=1S/C13H16N6O2/c1-21-9-11-12-8-18(5-2-6-19(12)17-16-11)13(20)10-3-4-14-15-7-10/h3-4,7H,2,5-6,8-9H2,1H3. The van der Waals surface area contributed by atoms with Crippen LogP contribution >= 0.6 is 0 Å². The topological polar surface area (TPSA) is 86.0 Å². The summed E-state index contributed by atoms with van der Waals surface area (Å²) in [4.78, 5) is 14.3. The molecule has 0 aromatic carbocycles. The smallest absolute Gasteiger partial charge is 0.255 e. The number of fused-ring (bicyclic) bond motifs is 1. The van der Waals surface area contributed by atoms with Crippen LogP contribution in [-0.2, 0) is 24.4 Å². The van der Waals surface area contributed by atoms with Gasteiger partial charge in [-0.3, -0.25) is 4.79 Å². The van der Waals surface area contributed by atoms with E-state index >= 15 is 0 Å². The Morgan fingerprint density at radius 3 is 3.05 bits per heavy atom. The van der Waals surface area contributed by atoms with Crippen molar-refractivity contribution >= 4 is 5.91 Å². The second-order valence-corrected chi connectivity index (χ2v) is 4.85. The van der Waals surface area contributed by atoms with Crippen molar-refractivity contribution in [2.24, 2.45) is 0 Å². The van der Waals surface area contributed by atoms with E-state index in [1.165, 1.54) is 12.4 Å². The van der Waals surface area contributed by atoms with Crippen molar-refractivity contribution in [1.82, 2.24) is 30.1 Å². The number of hydrogen-bond acceptors (Lipinski definition) is 6. The maximum atomic E-state index is 12.5. The van der Waals surface area contributed by atoms with Crippen LogP contribution in [0.5, 0.6) is 0 Å². The number of nitrogens with zero attached hydrogens (tertiary/aromatic N) is 6. The lowest BCUT2D eigenvalue weighted by Crippen LogP contribution is -2.31. The molecule has 0 radical (unpaired) electrons. The number of aromatic nitrogens is 5. The summed E-state index contributed by atoms with van der Waals surface area (Å²) >= 11 is 0. The molecule has 110 valence electrons. The molecule has 0 atom stereocenters. The summed E-state index contributed by atoms with van der Waals surface area (Å²) in [6, 6.07) is 1.67. The van der Waals surface area contributed by atoms with Gasteiger partial charge < -0.3 is 9.64 Å². The highest BCUT2D eigenvalue weighted by molar-refractivity contribution is 5.93. The Morgan fingerprint density at radius 1 is 1.38 bits per heavy atom. The molecule has 0 N–H and O–H groups in total. The molecule has 8 heteroatoms. The molecule has 1 aliphatic heterocycles. The lowest BCUT2D eigenvalue weighted by Gasteiger charge is -2.20. The van der Waals surface area contributed by atoms with Crippen LogP contribution in [0.4, 0.5) is 0 Å². The summed E-state index contributed by atoms with van der Waals surface area (Å²) in [5, 5.41) is 15.7. The SMILES string of the molecule is COCc1nnn2c1CN(C(=O)c1ccnnc1)CCC2. The Kier molecular flexibility index (Phi) is 3.87. The molecule has 0 spiro atoms. The Balaban J connectivity index is 1.85. The predicted octanol–water partition coefficient (Wildman–Crippen LogP) is 0.261. The molecule has 1 aliphatic rings. The number of ether oxygens (including phenoxy) is 1. The number of methoxy groups -OCH3 is 1. The van der Waals surface area contributed by atoms with E-state index in [1.54, 1.807) is 18.1 Å². The van der Waals surface area contributed by atoms with Gasteiger partial charge in [-0.1, -0.05) is 5.21 Å². The molecule has 21 heavy (non-hydrogen) atoms. The van der Waals surface area contributed by atoms with Gasteiger partial charge in [0.25, 0.3) is 5.91 Å². The van der Waals surface area contributed by atoms with Crippen LogP contribution in [0.15, 0.2) is 18.5 Å².